The van der Waals surface area contributed by atoms with Gasteiger partial charge in [-0.05, 0) is 59.0 Å². The summed E-state index contributed by atoms with van der Waals surface area (Å²) in [6.45, 7) is 0.223. The average molecular weight is 635 g/mol. The van der Waals surface area contributed by atoms with Gasteiger partial charge >= 0.3 is 0 Å². The van der Waals surface area contributed by atoms with Gasteiger partial charge in [-0.3, -0.25) is 29.0 Å². The number of hydrogen-bond acceptors (Lipinski definition) is 4. The van der Waals surface area contributed by atoms with Crippen LogP contribution in [0.1, 0.15) is 52.6 Å². The summed E-state index contributed by atoms with van der Waals surface area (Å²) in [7, 11) is 0. The summed E-state index contributed by atoms with van der Waals surface area (Å²) in [6, 6.07) is 27.4. The second kappa shape index (κ2) is 10.2. The number of imide groups is 2. The van der Waals surface area contributed by atoms with Crippen molar-refractivity contribution in [2.45, 2.75) is 12.8 Å². The van der Waals surface area contributed by atoms with E-state index in [4.69, 9.17) is 0 Å². The Kier molecular flexibility index (Phi) is 6.02. The molecule has 0 spiro atoms. The van der Waals surface area contributed by atoms with Gasteiger partial charge < -0.3 is 0 Å². The molecule has 7 aromatic carbocycles. The molecule has 0 aromatic heterocycles. The summed E-state index contributed by atoms with van der Waals surface area (Å²) in [5.41, 5.74) is 2.42. The van der Waals surface area contributed by atoms with Crippen molar-refractivity contribution in [1.82, 2.24) is 9.80 Å². The maximum Gasteiger partial charge on any atom is 0.261 e. The van der Waals surface area contributed by atoms with Gasteiger partial charge in [-0.15, -0.1) is 0 Å². The quantitative estimate of drug-likeness (QED) is 0.107. The van der Waals surface area contributed by atoms with E-state index in [0.717, 1.165) is 33.1 Å². The van der Waals surface area contributed by atoms with Crippen LogP contribution in [0.5, 0.6) is 0 Å². The van der Waals surface area contributed by atoms with Crippen LogP contribution in [0.25, 0.3) is 43.1 Å². The minimum absolute atomic E-state index is 0.0321. The van der Waals surface area contributed by atoms with Crippen molar-refractivity contribution >= 4 is 66.7 Å². The fourth-order valence-corrected chi connectivity index (χ4v) is 7.65. The monoisotopic (exact) mass is 634 g/mol. The SMILES string of the molecule is O=C1c2ccc3c4c(F)cc5c6c(ccc(c7c(F)cc(c2c37)C(=O)N1CCc1ccccc1)c64)C(=O)N(CCc1ccccc1)C5=O. The molecular formula is C40H24F2N2O4. The van der Waals surface area contributed by atoms with E-state index < -0.39 is 35.3 Å². The Morgan fingerprint density at radius 2 is 0.792 bits per heavy atom. The number of halogens is 2. The van der Waals surface area contributed by atoms with Crippen LogP contribution in [-0.4, -0.2) is 46.5 Å². The van der Waals surface area contributed by atoms with E-state index in [9.17, 15) is 19.2 Å². The zero-order valence-electron chi connectivity index (χ0n) is 25.3. The number of hydrogen-bond donors (Lipinski definition) is 0. The van der Waals surface area contributed by atoms with Crippen molar-refractivity contribution in [3.05, 3.63) is 142 Å². The van der Waals surface area contributed by atoms with Crippen molar-refractivity contribution < 1.29 is 28.0 Å². The van der Waals surface area contributed by atoms with E-state index in [-0.39, 0.29) is 67.7 Å². The summed E-state index contributed by atoms with van der Waals surface area (Å²) in [4.78, 5) is 57.4. The molecule has 48 heavy (non-hydrogen) atoms. The Bertz CT molecular complexity index is 2390. The summed E-state index contributed by atoms with van der Waals surface area (Å²) in [5, 5.41) is 1.86. The molecule has 0 radical (unpaired) electrons. The third-order valence-corrected chi connectivity index (χ3v) is 9.84. The molecule has 0 fully saturated rings. The van der Waals surface area contributed by atoms with Crippen LogP contribution in [0.2, 0.25) is 0 Å². The molecule has 4 amide bonds. The van der Waals surface area contributed by atoms with E-state index in [1.165, 1.54) is 0 Å². The zero-order valence-corrected chi connectivity index (χ0v) is 25.3. The van der Waals surface area contributed by atoms with Gasteiger partial charge in [0.1, 0.15) is 11.6 Å². The molecule has 2 heterocycles. The molecule has 0 unspecified atom stereocenters. The Labute approximate surface area is 272 Å². The molecule has 0 bridgehead atoms. The molecule has 7 aromatic rings. The van der Waals surface area contributed by atoms with E-state index in [1.807, 2.05) is 60.7 Å². The normalized spacial score (nSPS) is 14.5. The molecule has 9 rings (SSSR count). The zero-order chi connectivity index (χ0) is 32.8. The van der Waals surface area contributed by atoms with Gasteiger partial charge in [-0.25, -0.2) is 8.78 Å². The standard InChI is InChI=1S/C40H24F2N2O4/c41-29-19-27-31-25(37(45)43(39(27)47)17-15-21-7-3-1-4-8-21)13-11-23-34-30(42)20-28-32-26(14-12-24(36(32)34)33(29)35(23)31)38(46)44(40(28)48)18-16-22-9-5-2-6-10-22/h1-14,19-20H,15-18H2. The Morgan fingerprint density at radius 3 is 1.19 bits per heavy atom. The van der Waals surface area contributed by atoms with Gasteiger partial charge in [0, 0.05) is 56.5 Å². The Morgan fingerprint density at radius 1 is 0.417 bits per heavy atom. The number of carbonyl (C=O) groups is 4. The van der Waals surface area contributed by atoms with Crippen LogP contribution in [0.3, 0.4) is 0 Å². The van der Waals surface area contributed by atoms with Gasteiger partial charge in [0.2, 0.25) is 0 Å². The van der Waals surface area contributed by atoms with Crippen molar-refractivity contribution in [2.24, 2.45) is 0 Å². The van der Waals surface area contributed by atoms with Gasteiger partial charge in [0.05, 0.1) is 11.1 Å². The second-order valence-corrected chi connectivity index (χ2v) is 12.4. The van der Waals surface area contributed by atoms with Crippen LogP contribution in [-0.2, 0) is 12.8 Å². The summed E-state index contributed by atoms with van der Waals surface area (Å²) >= 11 is 0. The van der Waals surface area contributed by atoms with Crippen LogP contribution in [0.4, 0.5) is 8.78 Å². The van der Waals surface area contributed by atoms with Crippen LogP contribution in [0, 0.1) is 11.6 Å². The van der Waals surface area contributed by atoms with Crippen LogP contribution < -0.4 is 0 Å². The van der Waals surface area contributed by atoms with Crippen LogP contribution in [0.15, 0.2) is 97.1 Å². The fraction of sp³-hybridized carbons (Fsp3) is 0.100. The number of fused-ring (bicyclic) bond motifs is 2. The highest BCUT2D eigenvalue weighted by Crippen LogP contribution is 2.48. The lowest BCUT2D eigenvalue weighted by Crippen LogP contribution is -2.41. The van der Waals surface area contributed by atoms with Crippen molar-refractivity contribution in [1.29, 1.82) is 0 Å². The maximum atomic E-state index is 16.4. The third kappa shape index (κ3) is 3.83. The number of nitrogens with zero attached hydrogens (tertiary/aromatic N) is 2. The highest BCUT2D eigenvalue weighted by molar-refractivity contribution is 6.41. The highest BCUT2D eigenvalue weighted by atomic mass is 19.1. The van der Waals surface area contributed by atoms with Crippen LogP contribution >= 0.6 is 0 Å². The lowest BCUT2D eigenvalue weighted by Gasteiger charge is -2.30. The van der Waals surface area contributed by atoms with E-state index in [0.29, 0.717) is 23.6 Å². The average Bonchev–Trinajstić information content (AvgIpc) is 3.10. The maximum absolute atomic E-state index is 16.4. The highest BCUT2D eigenvalue weighted by Gasteiger charge is 2.38. The van der Waals surface area contributed by atoms with E-state index in [1.54, 1.807) is 24.3 Å². The number of carbonyl (C=O) groups excluding carboxylic acids is 4. The lowest BCUT2D eigenvalue weighted by molar-refractivity contribution is 0.0596. The van der Waals surface area contributed by atoms with Gasteiger partial charge in [0.25, 0.3) is 23.6 Å². The molecule has 2 aliphatic rings. The molecule has 0 saturated carbocycles. The first-order valence-electron chi connectivity index (χ1n) is 15.7. The first-order chi connectivity index (χ1) is 23.3. The fourth-order valence-electron chi connectivity index (χ4n) is 7.65. The molecule has 0 saturated heterocycles. The minimum atomic E-state index is -0.716. The van der Waals surface area contributed by atoms with Crippen molar-refractivity contribution in [3.8, 4) is 0 Å². The third-order valence-electron chi connectivity index (χ3n) is 9.84. The number of rotatable bonds is 6. The molecule has 232 valence electrons. The lowest BCUT2D eigenvalue weighted by atomic mass is 9.81. The van der Waals surface area contributed by atoms with E-state index in [2.05, 4.69) is 0 Å². The minimum Gasteiger partial charge on any atom is -0.274 e. The molecule has 0 aliphatic carbocycles. The molecule has 0 N–H and O–H groups in total. The molecule has 0 atom stereocenters. The Balaban J connectivity index is 1.23. The predicted molar refractivity (Wildman–Crippen MR) is 179 cm³/mol. The molecule has 2 aliphatic heterocycles. The number of benzene rings is 7. The first kappa shape index (κ1) is 28.2. The van der Waals surface area contributed by atoms with Gasteiger partial charge in [-0.2, -0.15) is 0 Å². The topological polar surface area (TPSA) is 74.8 Å². The van der Waals surface area contributed by atoms with Crippen molar-refractivity contribution in [2.75, 3.05) is 13.1 Å². The largest absolute Gasteiger partial charge is 0.274 e. The van der Waals surface area contributed by atoms with Gasteiger partial charge in [0.15, 0.2) is 0 Å². The Hall–Kier alpha value is -6.02. The predicted octanol–water partition coefficient (Wildman–Crippen LogP) is 7.69. The summed E-state index contributed by atoms with van der Waals surface area (Å²) in [5.74, 6) is -3.67. The summed E-state index contributed by atoms with van der Waals surface area (Å²) in [6.07, 6.45) is 0.865. The molecule has 8 heteroatoms. The second-order valence-electron chi connectivity index (χ2n) is 12.4. The smallest absolute Gasteiger partial charge is 0.261 e. The van der Waals surface area contributed by atoms with Gasteiger partial charge in [-0.1, -0.05) is 72.8 Å². The van der Waals surface area contributed by atoms with Crippen molar-refractivity contribution in [3.63, 3.8) is 0 Å². The number of amides is 4. The summed E-state index contributed by atoms with van der Waals surface area (Å²) < 4.78 is 32.8. The molecule has 6 nitrogen and oxygen atoms in total. The van der Waals surface area contributed by atoms with E-state index >= 15 is 8.78 Å². The molecular weight excluding hydrogens is 610 g/mol. The first-order valence-corrected chi connectivity index (χ1v) is 15.7.